The maximum absolute atomic E-state index is 13.1. The molecule has 0 atom stereocenters. The third-order valence-electron chi connectivity index (χ3n) is 4.02. The van der Waals surface area contributed by atoms with Crippen molar-refractivity contribution in [2.24, 2.45) is 0 Å². The maximum atomic E-state index is 13.1. The number of anilines is 1. The Balaban J connectivity index is 0.00000385. The molecule has 33 heavy (non-hydrogen) atoms. The van der Waals surface area contributed by atoms with Crippen LogP contribution in [0.1, 0.15) is 26.4 Å². The first kappa shape index (κ1) is 27.8. The number of benzene rings is 1. The Labute approximate surface area is 231 Å². The van der Waals surface area contributed by atoms with Crippen molar-refractivity contribution in [3.63, 3.8) is 0 Å². The number of amides is 2. The molecule has 0 aliphatic rings. The molecule has 1 radical (unpaired) electrons. The molecule has 0 bridgehead atoms. The zero-order valence-corrected chi connectivity index (χ0v) is 22.9. The monoisotopic (exact) mass is 632 g/mol. The van der Waals surface area contributed by atoms with Gasteiger partial charge < -0.3 is 21.2 Å². The number of aromatic nitrogens is 3. The van der Waals surface area contributed by atoms with Crippen LogP contribution in [0.2, 0.25) is 10.0 Å². The molecule has 2 amide bonds. The number of nitrogens with one attached hydrogen (secondary N) is 2. The van der Waals surface area contributed by atoms with E-state index >= 15 is 0 Å². The molecule has 2 heterocycles. The quantitative estimate of drug-likeness (QED) is 0.273. The molecule has 0 saturated heterocycles. The number of carbonyl (C=O) groups excluding carboxylic acids is 2. The number of hydrogen-bond donors (Lipinski definition) is 2. The van der Waals surface area contributed by atoms with Gasteiger partial charge in [0.25, 0.3) is 5.91 Å². The van der Waals surface area contributed by atoms with E-state index in [9.17, 15) is 14.0 Å². The standard InChI is InChI=1S/C19H16BrCl2FN6O3.Y/c1-10-7-11(21)8-12(18(30)26-28-32-6-4-23)16(10)25-19(31)14-9-15(20)27-29(14)17-13(22)3-2-5-24-17;/h2-3,5,7-9H,4,6H2,1H3,(H3,25,26,27,28,30,31);/p-1. The van der Waals surface area contributed by atoms with Gasteiger partial charge in [0.2, 0.25) is 5.91 Å². The fourth-order valence-electron chi connectivity index (χ4n) is 2.69. The van der Waals surface area contributed by atoms with Crippen molar-refractivity contribution in [3.8, 4) is 5.82 Å². The van der Waals surface area contributed by atoms with Gasteiger partial charge in [-0.1, -0.05) is 23.2 Å². The fraction of sp³-hybridized carbons (Fsp3) is 0.158. The van der Waals surface area contributed by atoms with Crippen LogP contribution in [0.3, 0.4) is 0 Å². The smallest absolute Gasteiger partial charge is 0.274 e. The van der Waals surface area contributed by atoms with E-state index in [1.54, 1.807) is 25.1 Å². The summed E-state index contributed by atoms with van der Waals surface area (Å²) in [6.45, 7) is 0.589. The topological polar surface area (TPSA) is 112 Å². The molecular weight excluding hydrogens is 619 g/mol. The van der Waals surface area contributed by atoms with Gasteiger partial charge in [0, 0.05) is 50.0 Å². The first-order chi connectivity index (χ1) is 15.3. The van der Waals surface area contributed by atoms with Gasteiger partial charge in [-0.05, 0) is 52.7 Å². The summed E-state index contributed by atoms with van der Waals surface area (Å²) in [6.07, 6.45) is 1.51. The van der Waals surface area contributed by atoms with E-state index < -0.39 is 18.5 Å². The number of halogens is 4. The number of carbonyl (C=O) groups is 2. The zero-order chi connectivity index (χ0) is 23.3. The molecule has 0 spiro atoms. The molecule has 171 valence electrons. The molecule has 0 aliphatic carbocycles. The molecule has 3 rings (SSSR count). The largest absolute Gasteiger partial charge is 0.464 e. The van der Waals surface area contributed by atoms with Crippen molar-refractivity contribution in [3.05, 3.63) is 73.6 Å². The molecule has 9 nitrogen and oxygen atoms in total. The Morgan fingerprint density at radius 2 is 2.03 bits per heavy atom. The number of pyridine rings is 1. The fourth-order valence-corrected chi connectivity index (χ4v) is 3.54. The van der Waals surface area contributed by atoms with Crippen LogP contribution in [0, 0.1) is 6.92 Å². The summed E-state index contributed by atoms with van der Waals surface area (Å²) in [5.41, 5.74) is 6.26. The molecule has 0 aliphatic heterocycles. The molecule has 3 aromatic rings. The normalized spacial score (nSPS) is 10.5. The SMILES string of the molecule is Cc1cc(Cl)cc(C(=O)N[N-]OCCF)c1NC(=O)c1cc(Br)nn1-c1ncccc1Cl.[Y]. The summed E-state index contributed by atoms with van der Waals surface area (Å²) in [5.74, 6) is -1.05. The average molecular weight is 634 g/mol. The van der Waals surface area contributed by atoms with Gasteiger partial charge in [0.05, 0.1) is 22.9 Å². The minimum atomic E-state index is -0.763. The van der Waals surface area contributed by atoms with Crippen LogP contribution in [-0.4, -0.2) is 39.9 Å². The van der Waals surface area contributed by atoms with Gasteiger partial charge >= 0.3 is 0 Å². The number of rotatable bonds is 8. The number of hydrogen-bond acceptors (Lipinski definition) is 5. The molecule has 2 N–H and O–H groups in total. The van der Waals surface area contributed by atoms with Crippen molar-refractivity contribution in [2.45, 2.75) is 6.92 Å². The van der Waals surface area contributed by atoms with Crippen LogP contribution in [0.4, 0.5) is 10.1 Å². The second-order valence-corrected chi connectivity index (χ2v) is 7.88. The Kier molecular flexibility index (Phi) is 10.8. The van der Waals surface area contributed by atoms with Gasteiger partial charge in [0.1, 0.15) is 17.0 Å². The Morgan fingerprint density at radius 1 is 1.27 bits per heavy atom. The number of alkyl halides is 1. The van der Waals surface area contributed by atoms with E-state index in [0.717, 1.165) is 0 Å². The van der Waals surface area contributed by atoms with Gasteiger partial charge in [-0.15, -0.1) is 0 Å². The minimum Gasteiger partial charge on any atom is -0.464 e. The second-order valence-electron chi connectivity index (χ2n) is 6.23. The molecule has 14 heteroatoms. The predicted octanol–water partition coefficient (Wildman–Crippen LogP) is 4.81. The van der Waals surface area contributed by atoms with Gasteiger partial charge in [-0.3, -0.25) is 9.59 Å². The summed E-state index contributed by atoms with van der Waals surface area (Å²) in [5, 5.41) is 7.47. The van der Waals surface area contributed by atoms with Gasteiger partial charge in [-0.25, -0.2) is 14.1 Å². The van der Waals surface area contributed by atoms with Crippen LogP contribution in [0.5, 0.6) is 0 Å². The van der Waals surface area contributed by atoms with Gasteiger partial charge in [0.15, 0.2) is 5.82 Å². The van der Waals surface area contributed by atoms with Crippen molar-refractivity contribution in [1.29, 1.82) is 0 Å². The summed E-state index contributed by atoms with van der Waals surface area (Å²) in [6, 6.07) is 7.67. The van der Waals surface area contributed by atoms with Crippen LogP contribution >= 0.6 is 39.1 Å². The molecular formula is C19H15BrCl2FN6O3Y-. The number of aryl methyl sites for hydroxylation is 1. The second kappa shape index (κ2) is 12.8. The van der Waals surface area contributed by atoms with Crippen molar-refractivity contribution >= 4 is 56.6 Å². The predicted molar refractivity (Wildman–Crippen MR) is 121 cm³/mol. The van der Waals surface area contributed by atoms with Crippen LogP contribution < -0.4 is 10.7 Å². The third-order valence-corrected chi connectivity index (χ3v) is 4.92. The van der Waals surface area contributed by atoms with Crippen molar-refractivity contribution in [1.82, 2.24) is 20.2 Å². The van der Waals surface area contributed by atoms with Gasteiger partial charge in [-0.2, -0.15) is 5.10 Å². The van der Waals surface area contributed by atoms with E-state index in [1.807, 2.05) is 0 Å². The maximum Gasteiger partial charge on any atom is 0.274 e. The van der Waals surface area contributed by atoms with E-state index in [2.05, 4.69) is 47.2 Å². The molecule has 0 saturated carbocycles. The first-order valence-corrected chi connectivity index (χ1v) is 10.5. The Hall–Kier alpha value is -1.47. The minimum absolute atomic E-state index is 0. The summed E-state index contributed by atoms with van der Waals surface area (Å²) < 4.78 is 13.8. The first-order valence-electron chi connectivity index (χ1n) is 8.98. The molecule has 0 fully saturated rings. The summed E-state index contributed by atoms with van der Waals surface area (Å²) in [7, 11) is 0. The molecule has 0 unspecified atom stereocenters. The Bertz CT molecular complexity index is 1170. The van der Waals surface area contributed by atoms with E-state index in [4.69, 9.17) is 23.2 Å². The third kappa shape index (κ3) is 7.01. The average Bonchev–Trinajstić information content (AvgIpc) is 3.14. The van der Waals surface area contributed by atoms with Crippen molar-refractivity contribution in [2.75, 3.05) is 18.6 Å². The zero-order valence-electron chi connectivity index (χ0n) is 17.0. The van der Waals surface area contributed by atoms with E-state index in [0.29, 0.717) is 10.2 Å². The Morgan fingerprint density at radius 3 is 2.73 bits per heavy atom. The van der Waals surface area contributed by atoms with E-state index in [-0.39, 0.29) is 72.1 Å². The summed E-state index contributed by atoms with van der Waals surface area (Å²) in [4.78, 5) is 34.4. The van der Waals surface area contributed by atoms with Crippen molar-refractivity contribution < 1.29 is 51.5 Å². The molecule has 2 aromatic heterocycles. The summed E-state index contributed by atoms with van der Waals surface area (Å²) >= 11 is 15.5. The molecule has 1 aromatic carbocycles. The number of nitrogens with zero attached hydrogens (tertiary/aromatic N) is 4. The van der Waals surface area contributed by atoms with Crippen LogP contribution in [0.25, 0.3) is 11.4 Å². The van der Waals surface area contributed by atoms with E-state index in [1.165, 1.54) is 23.0 Å². The van der Waals surface area contributed by atoms with Crippen LogP contribution in [-0.2, 0) is 37.5 Å². The van der Waals surface area contributed by atoms with Crippen LogP contribution in [0.15, 0.2) is 41.1 Å².